The molecule has 0 fully saturated rings. The molecule has 0 bridgehead atoms. The molecule has 1 aromatic carbocycles. The SMILES string of the molecule is COc1cccc(NC(=O)CC(=O)c2ccc(C)c(C)c2)n1. The first-order valence-corrected chi connectivity index (χ1v) is 6.91. The number of nitrogens with one attached hydrogen (secondary N) is 1. The minimum atomic E-state index is -0.399. The summed E-state index contributed by atoms with van der Waals surface area (Å²) in [4.78, 5) is 28.1. The third-order valence-electron chi connectivity index (χ3n) is 3.35. The number of rotatable bonds is 5. The van der Waals surface area contributed by atoms with Gasteiger partial charge in [-0.25, -0.2) is 0 Å². The van der Waals surface area contributed by atoms with Crippen LogP contribution < -0.4 is 10.1 Å². The minimum absolute atomic E-state index is 0.219. The Kier molecular flexibility index (Phi) is 4.88. The number of methoxy groups -OCH3 is 1. The molecular formula is C17H18N2O3. The van der Waals surface area contributed by atoms with Crippen LogP contribution in [-0.2, 0) is 4.79 Å². The zero-order chi connectivity index (χ0) is 16.1. The molecule has 0 saturated heterocycles. The number of carbonyl (C=O) groups excluding carboxylic acids is 2. The van der Waals surface area contributed by atoms with Gasteiger partial charge in [-0.15, -0.1) is 0 Å². The number of ketones is 1. The number of benzene rings is 1. The lowest BCUT2D eigenvalue weighted by atomic mass is 10.0. The molecule has 0 unspecified atom stereocenters. The van der Waals surface area contributed by atoms with Crippen LogP contribution in [0, 0.1) is 13.8 Å². The molecule has 1 amide bonds. The summed E-state index contributed by atoms with van der Waals surface area (Å²) >= 11 is 0. The fraction of sp³-hybridized carbons (Fsp3) is 0.235. The van der Waals surface area contributed by atoms with Crippen molar-refractivity contribution in [2.75, 3.05) is 12.4 Å². The number of ether oxygens (including phenoxy) is 1. The van der Waals surface area contributed by atoms with Crippen molar-refractivity contribution < 1.29 is 14.3 Å². The van der Waals surface area contributed by atoms with Gasteiger partial charge in [0.15, 0.2) is 5.78 Å². The summed E-state index contributed by atoms with van der Waals surface area (Å²) in [5.41, 5.74) is 2.68. The maximum Gasteiger partial charge on any atom is 0.233 e. The van der Waals surface area contributed by atoms with Crippen molar-refractivity contribution >= 4 is 17.5 Å². The van der Waals surface area contributed by atoms with Gasteiger partial charge in [0.1, 0.15) is 5.82 Å². The second-order valence-corrected chi connectivity index (χ2v) is 5.01. The molecule has 5 heteroatoms. The van der Waals surface area contributed by atoms with E-state index in [1.807, 2.05) is 19.9 Å². The monoisotopic (exact) mass is 298 g/mol. The number of anilines is 1. The van der Waals surface area contributed by atoms with E-state index in [0.717, 1.165) is 11.1 Å². The Labute approximate surface area is 129 Å². The Balaban J connectivity index is 2.01. The molecule has 0 radical (unpaired) electrons. The van der Waals surface area contributed by atoms with E-state index < -0.39 is 5.91 Å². The fourth-order valence-corrected chi connectivity index (χ4v) is 1.95. The number of Topliss-reactive ketones (excluding diaryl/α,β-unsaturated/α-hetero) is 1. The third kappa shape index (κ3) is 3.91. The molecule has 22 heavy (non-hydrogen) atoms. The number of pyridine rings is 1. The number of aromatic nitrogens is 1. The number of nitrogens with zero attached hydrogens (tertiary/aromatic N) is 1. The first kappa shape index (κ1) is 15.7. The molecule has 1 heterocycles. The van der Waals surface area contributed by atoms with Gasteiger partial charge < -0.3 is 10.1 Å². The van der Waals surface area contributed by atoms with E-state index in [0.29, 0.717) is 17.3 Å². The number of aryl methyl sites for hydroxylation is 2. The lowest BCUT2D eigenvalue weighted by Crippen LogP contribution is -2.17. The standard InChI is InChI=1S/C17H18N2O3/c1-11-7-8-13(9-12(11)2)14(20)10-16(21)18-15-5-4-6-17(19-15)22-3/h4-9H,10H2,1-3H3,(H,18,19,21). The molecule has 114 valence electrons. The second kappa shape index (κ2) is 6.85. The quantitative estimate of drug-likeness (QED) is 0.680. The summed E-state index contributed by atoms with van der Waals surface area (Å²) < 4.78 is 4.98. The van der Waals surface area contributed by atoms with E-state index in [4.69, 9.17) is 4.74 Å². The lowest BCUT2D eigenvalue weighted by Gasteiger charge is -2.07. The second-order valence-electron chi connectivity index (χ2n) is 5.01. The van der Waals surface area contributed by atoms with Gasteiger partial charge >= 0.3 is 0 Å². The van der Waals surface area contributed by atoms with E-state index in [2.05, 4.69) is 10.3 Å². The molecule has 0 spiro atoms. The highest BCUT2D eigenvalue weighted by atomic mass is 16.5. The van der Waals surface area contributed by atoms with E-state index in [-0.39, 0.29) is 12.2 Å². The molecule has 0 atom stereocenters. The van der Waals surface area contributed by atoms with Crippen LogP contribution in [0.5, 0.6) is 5.88 Å². The molecule has 1 N–H and O–H groups in total. The largest absolute Gasteiger partial charge is 0.481 e. The van der Waals surface area contributed by atoms with Gasteiger partial charge in [0, 0.05) is 11.6 Å². The Morgan fingerprint density at radius 1 is 1.14 bits per heavy atom. The Bertz CT molecular complexity index is 711. The predicted molar refractivity (Wildman–Crippen MR) is 84.3 cm³/mol. The van der Waals surface area contributed by atoms with Crippen molar-refractivity contribution in [3.05, 3.63) is 53.1 Å². The summed E-state index contributed by atoms with van der Waals surface area (Å²) in [7, 11) is 1.50. The smallest absolute Gasteiger partial charge is 0.233 e. The Morgan fingerprint density at radius 2 is 1.91 bits per heavy atom. The Morgan fingerprint density at radius 3 is 2.59 bits per heavy atom. The van der Waals surface area contributed by atoms with Crippen LogP contribution in [0.3, 0.4) is 0 Å². The van der Waals surface area contributed by atoms with E-state index >= 15 is 0 Å². The van der Waals surface area contributed by atoms with E-state index in [9.17, 15) is 9.59 Å². The molecule has 2 aromatic rings. The van der Waals surface area contributed by atoms with Gasteiger partial charge in [-0.3, -0.25) is 9.59 Å². The summed E-state index contributed by atoms with van der Waals surface area (Å²) in [6.45, 7) is 3.91. The molecule has 0 saturated carbocycles. The fourth-order valence-electron chi connectivity index (χ4n) is 1.95. The van der Waals surface area contributed by atoms with Gasteiger partial charge in [0.05, 0.1) is 13.5 Å². The summed E-state index contributed by atoms with van der Waals surface area (Å²) in [5, 5.41) is 2.59. The van der Waals surface area contributed by atoms with Gasteiger partial charge in [-0.1, -0.05) is 18.2 Å². The third-order valence-corrected chi connectivity index (χ3v) is 3.35. The first-order chi connectivity index (χ1) is 10.5. The van der Waals surface area contributed by atoms with Crippen molar-refractivity contribution in [2.45, 2.75) is 20.3 Å². The topological polar surface area (TPSA) is 68.3 Å². The van der Waals surface area contributed by atoms with Crippen molar-refractivity contribution in [3.8, 4) is 5.88 Å². The summed E-state index contributed by atoms with van der Waals surface area (Å²) in [6, 6.07) is 10.4. The van der Waals surface area contributed by atoms with E-state index in [1.165, 1.54) is 7.11 Å². The van der Waals surface area contributed by atoms with Crippen LogP contribution in [-0.4, -0.2) is 23.8 Å². The maximum atomic E-state index is 12.1. The van der Waals surface area contributed by atoms with Crippen LogP contribution in [0.1, 0.15) is 27.9 Å². The van der Waals surface area contributed by atoms with Crippen LogP contribution in [0.2, 0.25) is 0 Å². The number of hydrogen-bond donors (Lipinski definition) is 1. The average molecular weight is 298 g/mol. The Hall–Kier alpha value is -2.69. The van der Waals surface area contributed by atoms with Crippen molar-refractivity contribution in [3.63, 3.8) is 0 Å². The highest BCUT2D eigenvalue weighted by molar-refractivity contribution is 6.10. The van der Waals surface area contributed by atoms with Crippen molar-refractivity contribution in [1.82, 2.24) is 4.98 Å². The van der Waals surface area contributed by atoms with Gasteiger partial charge in [-0.2, -0.15) is 4.98 Å². The normalized spacial score (nSPS) is 10.1. The molecule has 0 aliphatic heterocycles. The lowest BCUT2D eigenvalue weighted by molar-refractivity contribution is -0.115. The van der Waals surface area contributed by atoms with Gasteiger partial charge in [0.2, 0.25) is 11.8 Å². The summed E-state index contributed by atoms with van der Waals surface area (Å²) in [5.74, 6) is 0.142. The van der Waals surface area contributed by atoms with Crippen LogP contribution in [0.15, 0.2) is 36.4 Å². The maximum absolute atomic E-state index is 12.1. The molecule has 2 rings (SSSR count). The summed E-state index contributed by atoms with van der Waals surface area (Å²) in [6.07, 6.45) is -0.221. The molecule has 0 aliphatic carbocycles. The van der Waals surface area contributed by atoms with Gasteiger partial charge in [-0.05, 0) is 37.1 Å². The van der Waals surface area contributed by atoms with E-state index in [1.54, 1.807) is 30.3 Å². The van der Waals surface area contributed by atoms with Crippen LogP contribution in [0.4, 0.5) is 5.82 Å². The van der Waals surface area contributed by atoms with Crippen molar-refractivity contribution in [2.24, 2.45) is 0 Å². The zero-order valence-corrected chi connectivity index (χ0v) is 12.8. The molecule has 0 aliphatic rings. The predicted octanol–water partition coefficient (Wildman–Crippen LogP) is 2.92. The number of carbonyl (C=O) groups is 2. The minimum Gasteiger partial charge on any atom is -0.481 e. The van der Waals surface area contributed by atoms with Crippen LogP contribution in [0.25, 0.3) is 0 Å². The van der Waals surface area contributed by atoms with Crippen molar-refractivity contribution in [1.29, 1.82) is 0 Å². The highest BCUT2D eigenvalue weighted by Crippen LogP contribution is 2.13. The molecular weight excluding hydrogens is 280 g/mol. The molecule has 5 nitrogen and oxygen atoms in total. The van der Waals surface area contributed by atoms with Crippen LogP contribution >= 0.6 is 0 Å². The van der Waals surface area contributed by atoms with Gasteiger partial charge in [0.25, 0.3) is 0 Å². The average Bonchev–Trinajstić information content (AvgIpc) is 2.50. The highest BCUT2D eigenvalue weighted by Gasteiger charge is 2.13. The number of amides is 1. The number of hydrogen-bond acceptors (Lipinski definition) is 4. The first-order valence-electron chi connectivity index (χ1n) is 6.91. The molecule has 1 aromatic heterocycles. The zero-order valence-electron chi connectivity index (χ0n) is 12.8.